The van der Waals surface area contributed by atoms with E-state index in [1.165, 1.54) is 12.8 Å². The highest BCUT2D eigenvalue weighted by Gasteiger charge is 2.27. The molecular formula is C19H28N2O3. The predicted octanol–water partition coefficient (Wildman–Crippen LogP) is 2.58. The number of nitrogens with zero attached hydrogens (tertiary/aromatic N) is 1. The van der Waals surface area contributed by atoms with Crippen LogP contribution >= 0.6 is 0 Å². The van der Waals surface area contributed by atoms with E-state index in [0.29, 0.717) is 13.0 Å². The number of benzene rings is 1. The Morgan fingerprint density at radius 2 is 2.25 bits per heavy atom. The standard InChI is InChI=1S/C19H28N2O3/c1-2-18(22)17-5-3-4-10-21(17)11-12-24-15-7-8-16-14(13-15)6-9-19(23)20-16/h7-8,13,17-18,22H,2-6,9-12H2,1H3,(H,20,23). The zero-order valence-corrected chi connectivity index (χ0v) is 14.5. The second kappa shape index (κ2) is 7.99. The minimum absolute atomic E-state index is 0.0850. The number of rotatable bonds is 6. The molecule has 0 aromatic heterocycles. The molecule has 5 nitrogen and oxygen atoms in total. The molecule has 5 heteroatoms. The third-order valence-corrected chi connectivity index (χ3v) is 5.15. The third-order valence-electron chi connectivity index (χ3n) is 5.15. The molecule has 2 heterocycles. The van der Waals surface area contributed by atoms with E-state index in [2.05, 4.69) is 10.2 Å². The Kier molecular flexibility index (Phi) is 5.74. The van der Waals surface area contributed by atoms with Crippen molar-refractivity contribution in [1.29, 1.82) is 0 Å². The molecule has 2 unspecified atom stereocenters. The summed E-state index contributed by atoms with van der Waals surface area (Å²) in [6, 6.07) is 6.14. The van der Waals surface area contributed by atoms with Crippen LogP contribution in [0.4, 0.5) is 5.69 Å². The molecule has 0 radical (unpaired) electrons. The van der Waals surface area contributed by atoms with Crippen LogP contribution in [0.15, 0.2) is 18.2 Å². The van der Waals surface area contributed by atoms with Crippen molar-refractivity contribution < 1.29 is 14.6 Å². The van der Waals surface area contributed by atoms with Gasteiger partial charge >= 0.3 is 0 Å². The van der Waals surface area contributed by atoms with Crippen molar-refractivity contribution in [2.75, 3.05) is 25.0 Å². The van der Waals surface area contributed by atoms with Gasteiger partial charge in [0, 0.05) is 24.7 Å². The zero-order chi connectivity index (χ0) is 16.9. The van der Waals surface area contributed by atoms with Gasteiger partial charge in [0.25, 0.3) is 0 Å². The van der Waals surface area contributed by atoms with Gasteiger partial charge in [-0.1, -0.05) is 13.3 Å². The first kappa shape index (κ1) is 17.2. The molecule has 0 bridgehead atoms. The monoisotopic (exact) mass is 332 g/mol. The van der Waals surface area contributed by atoms with Crippen LogP contribution in [0.25, 0.3) is 0 Å². The molecule has 2 atom stereocenters. The van der Waals surface area contributed by atoms with Gasteiger partial charge in [0.15, 0.2) is 0 Å². The number of hydrogen-bond donors (Lipinski definition) is 2. The molecule has 24 heavy (non-hydrogen) atoms. The molecule has 132 valence electrons. The van der Waals surface area contributed by atoms with Crippen LogP contribution < -0.4 is 10.1 Å². The number of nitrogens with one attached hydrogen (secondary N) is 1. The minimum atomic E-state index is -0.238. The summed E-state index contributed by atoms with van der Waals surface area (Å²) in [5, 5.41) is 13.1. The van der Waals surface area contributed by atoms with Gasteiger partial charge in [-0.3, -0.25) is 9.69 Å². The SMILES string of the molecule is CCC(O)C1CCCCN1CCOc1ccc2c(c1)CCC(=O)N2. The second-order valence-corrected chi connectivity index (χ2v) is 6.79. The lowest BCUT2D eigenvalue weighted by Crippen LogP contribution is -2.48. The van der Waals surface area contributed by atoms with Gasteiger partial charge < -0.3 is 15.2 Å². The average molecular weight is 332 g/mol. The number of aliphatic hydroxyl groups is 1. The van der Waals surface area contributed by atoms with Gasteiger partial charge in [-0.25, -0.2) is 0 Å². The molecule has 0 saturated carbocycles. The van der Waals surface area contributed by atoms with Crippen LogP contribution in [-0.2, 0) is 11.2 Å². The molecule has 1 amide bonds. The van der Waals surface area contributed by atoms with Crippen molar-refractivity contribution in [2.24, 2.45) is 0 Å². The Labute approximate surface area is 144 Å². The summed E-state index contributed by atoms with van der Waals surface area (Å²) in [5.74, 6) is 0.941. The molecule has 0 aliphatic carbocycles. The van der Waals surface area contributed by atoms with Crippen molar-refractivity contribution in [1.82, 2.24) is 4.90 Å². The van der Waals surface area contributed by atoms with E-state index in [1.807, 2.05) is 25.1 Å². The topological polar surface area (TPSA) is 61.8 Å². The average Bonchev–Trinajstić information content (AvgIpc) is 2.61. The highest BCUT2D eigenvalue weighted by molar-refractivity contribution is 5.93. The smallest absolute Gasteiger partial charge is 0.224 e. The number of ether oxygens (including phenoxy) is 1. The van der Waals surface area contributed by atoms with Crippen molar-refractivity contribution in [3.05, 3.63) is 23.8 Å². The van der Waals surface area contributed by atoms with Gasteiger partial charge in [-0.15, -0.1) is 0 Å². The third kappa shape index (κ3) is 4.08. The van der Waals surface area contributed by atoms with Crippen LogP contribution in [0.2, 0.25) is 0 Å². The normalized spacial score (nSPS) is 22.6. The van der Waals surface area contributed by atoms with E-state index in [1.54, 1.807) is 0 Å². The first-order chi connectivity index (χ1) is 11.7. The maximum Gasteiger partial charge on any atom is 0.224 e. The van der Waals surface area contributed by atoms with Gasteiger partial charge in [0.1, 0.15) is 12.4 Å². The quantitative estimate of drug-likeness (QED) is 0.840. The molecule has 2 aliphatic heterocycles. The minimum Gasteiger partial charge on any atom is -0.492 e. The Bertz CT molecular complexity index is 576. The van der Waals surface area contributed by atoms with Gasteiger partial charge in [-0.2, -0.15) is 0 Å². The van der Waals surface area contributed by atoms with E-state index in [9.17, 15) is 9.90 Å². The van der Waals surface area contributed by atoms with Gasteiger partial charge in [-0.05, 0) is 56.0 Å². The molecule has 1 aromatic carbocycles. The number of piperidine rings is 1. The van der Waals surface area contributed by atoms with E-state index in [0.717, 1.165) is 49.4 Å². The maximum absolute atomic E-state index is 11.4. The Morgan fingerprint density at radius 3 is 3.08 bits per heavy atom. The fraction of sp³-hybridized carbons (Fsp3) is 0.632. The number of aryl methyl sites for hydroxylation is 1. The first-order valence-electron chi connectivity index (χ1n) is 9.15. The summed E-state index contributed by atoms with van der Waals surface area (Å²) in [6.45, 7) is 4.55. The molecular weight excluding hydrogens is 304 g/mol. The zero-order valence-electron chi connectivity index (χ0n) is 14.5. The molecule has 1 aromatic rings. The number of amides is 1. The lowest BCUT2D eigenvalue weighted by molar-refractivity contribution is -0.116. The van der Waals surface area contributed by atoms with Crippen LogP contribution in [0.3, 0.4) is 0 Å². The van der Waals surface area contributed by atoms with Crippen LogP contribution in [0, 0.1) is 0 Å². The fourth-order valence-electron chi connectivity index (χ4n) is 3.73. The highest BCUT2D eigenvalue weighted by atomic mass is 16.5. The van der Waals surface area contributed by atoms with Crippen LogP contribution in [0.5, 0.6) is 5.75 Å². The number of hydrogen-bond acceptors (Lipinski definition) is 4. The highest BCUT2D eigenvalue weighted by Crippen LogP contribution is 2.27. The van der Waals surface area contributed by atoms with E-state index in [-0.39, 0.29) is 18.1 Å². The summed E-state index contributed by atoms with van der Waals surface area (Å²) in [7, 11) is 0. The summed E-state index contributed by atoms with van der Waals surface area (Å²) >= 11 is 0. The largest absolute Gasteiger partial charge is 0.492 e. The molecule has 2 aliphatic rings. The van der Waals surface area contributed by atoms with Crippen molar-refractivity contribution in [2.45, 2.75) is 57.6 Å². The van der Waals surface area contributed by atoms with Crippen LogP contribution in [-0.4, -0.2) is 47.8 Å². The lowest BCUT2D eigenvalue weighted by Gasteiger charge is -2.38. The molecule has 1 saturated heterocycles. The summed E-state index contributed by atoms with van der Waals surface area (Å²) in [4.78, 5) is 13.8. The first-order valence-corrected chi connectivity index (χ1v) is 9.15. The Balaban J connectivity index is 1.53. The molecule has 0 spiro atoms. The van der Waals surface area contributed by atoms with Gasteiger partial charge in [0.05, 0.1) is 6.10 Å². The number of likely N-dealkylation sites (tertiary alicyclic amines) is 1. The number of aliphatic hydroxyl groups excluding tert-OH is 1. The van der Waals surface area contributed by atoms with Gasteiger partial charge in [0.2, 0.25) is 5.91 Å². The number of carbonyl (C=O) groups excluding carboxylic acids is 1. The predicted molar refractivity (Wildman–Crippen MR) is 94.4 cm³/mol. The number of carbonyl (C=O) groups is 1. The molecule has 1 fully saturated rings. The Morgan fingerprint density at radius 1 is 1.38 bits per heavy atom. The maximum atomic E-state index is 11.4. The molecule has 2 N–H and O–H groups in total. The Hall–Kier alpha value is -1.59. The summed E-state index contributed by atoms with van der Waals surface area (Å²) < 4.78 is 5.93. The lowest BCUT2D eigenvalue weighted by atomic mass is 9.96. The number of anilines is 1. The van der Waals surface area contributed by atoms with Crippen LogP contribution in [0.1, 0.15) is 44.6 Å². The molecule has 3 rings (SSSR count). The summed E-state index contributed by atoms with van der Waals surface area (Å²) in [6.07, 6.45) is 5.36. The van der Waals surface area contributed by atoms with Crippen molar-refractivity contribution in [3.8, 4) is 5.75 Å². The van der Waals surface area contributed by atoms with E-state index >= 15 is 0 Å². The van der Waals surface area contributed by atoms with Crippen molar-refractivity contribution >= 4 is 11.6 Å². The van der Waals surface area contributed by atoms with E-state index < -0.39 is 0 Å². The fourth-order valence-corrected chi connectivity index (χ4v) is 3.73. The van der Waals surface area contributed by atoms with E-state index in [4.69, 9.17) is 4.74 Å². The van der Waals surface area contributed by atoms with Crippen molar-refractivity contribution in [3.63, 3.8) is 0 Å². The second-order valence-electron chi connectivity index (χ2n) is 6.79. The summed E-state index contributed by atoms with van der Waals surface area (Å²) in [5.41, 5.74) is 2.05. The number of fused-ring (bicyclic) bond motifs is 1.